The van der Waals surface area contributed by atoms with Crippen LogP contribution in [0.3, 0.4) is 0 Å². The summed E-state index contributed by atoms with van der Waals surface area (Å²) in [6, 6.07) is 0. The van der Waals surface area contributed by atoms with Gasteiger partial charge >= 0.3 is 0 Å². The molecular formula is C46H30. The van der Waals surface area contributed by atoms with E-state index in [0.29, 0.717) is 0 Å². The number of rotatable bonds is 0. The normalized spacial score (nSPS) is 139. The highest BCUT2D eigenvalue weighted by atomic mass is 15.7. The van der Waals surface area contributed by atoms with Gasteiger partial charge in [-0.05, 0) is 257 Å². The van der Waals surface area contributed by atoms with E-state index >= 15 is 0 Å². The fourth-order valence-corrected chi connectivity index (χ4v) is 50.0. The molecule has 0 saturated heterocycles. The molecule has 32 aliphatic carbocycles. The third-order valence-electron chi connectivity index (χ3n) is 39.4. The first-order valence-corrected chi connectivity index (χ1v) is 22.7. The average molecular weight is 583 g/mol. The number of hydrogen-bond acceptors (Lipinski definition) is 0. The highest BCUT2D eigenvalue weighted by Gasteiger charge is 3.66. The minimum absolute atomic E-state index is 0.940. The van der Waals surface area contributed by atoms with Gasteiger partial charge in [0.1, 0.15) is 0 Å². The fraction of sp³-hybridized carbons (Fsp3) is 1.00. The fourth-order valence-electron chi connectivity index (χ4n) is 50.0. The summed E-state index contributed by atoms with van der Waals surface area (Å²) in [5.74, 6) is 26.1. The summed E-state index contributed by atoms with van der Waals surface area (Å²) in [6.45, 7) is 3.23. The molecule has 46 heavy (non-hydrogen) atoms. The van der Waals surface area contributed by atoms with Crippen molar-refractivity contribution in [3.8, 4) is 0 Å². The van der Waals surface area contributed by atoms with Gasteiger partial charge in [-0.2, -0.15) is 0 Å². The predicted octanol–water partition coefficient (Wildman–Crippen LogP) is 4.41. The Balaban J connectivity index is 0.893. The molecule has 32 fully saturated rings. The Morgan fingerprint density at radius 3 is 1.37 bits per heavy atom. The van der Waals surface area contributed by atoms with Crippen molar-refractivity contribution in [1.29, 1.82) is 0 Å². The monoisotopic (exact) mass is 582 g/mol. The van der Waals surface area contributed by atoms with E-state index in [1.165, 1.54) is 112 Å². The van der Waals surface area contributed by atoms with E-state index < -0.39 is 0 Å². The van der Waals surface area contributed by atoms with Crippen LogP contribution in [0.25, 0.3) is 0 Å². The molecule has 0 aliphatic heterocycles. The second-order valence-corrected chi connectivity index (χ2v) is 29.6. The van der Waals surface area contributed by atoms with Crippen molar-refractivity contribution >= 4 is 0 Å². The van der Waals surface area contributed by atoms with Crippen LogP contribution in [0, 0.1) is 232 Å². The smallest absolute Gasteiger partial charge is 0.000470 e. The summed E-state index contributed by atoms with van der Waals surface area (Å²) in [5, 5.41) is 0. The van der Waals surface area contributed by atoms with Crippen molar-refractivity contribution < 1.29 is 0 Å². The highest BCUT2D eigenvalue weighted by Crippen LogP contribution is 3.67. The Hall–Kier alpha value is 0. The lowest BCUT2D eigenvalue weighted by molar-refractivity contribution is -1.20. The van der Waals surface area contributed by atoms with Crippen molar-refractivity contribution in [2.24, 2.45) is 232 Å². The third kappa shape index (κ3) is 0.332. The maximum Gasteiger partial charge on any atom is -0.000470 e. The van der Waals surface area contributed by atoms with Crippen molar-refractivity contribution in [3.63, 3.8) is 0 Å². The molecule has 40 unspecified atom stereocenters. The van der Waals surface area contributed by atoms with Crippen LogP contribution >= 0.6 is 0 Å². The van der Waals surface area contributed by atoms with Crippen LogP contribution in [0.2, 0.25) is 0 Å². The molecular weight excluding hydrogens is 553 g/mol. The standard InChI is InChI=1S/C46H30/c1-25-23-13-5-9-15-7-3-11-17-20-21-19-16-10-2-6-14-8-4-12-18-22-24(25)40-38(22)34(18)28(8,12)30(14)26(6,10)32(16)35(19)37(21)36(20)33(17)27(7,11)31(15)29(9,13)39(23)41(25,40)46(36,43(31,33)39)45(37,40)44(35,38)42(30,32)34/h6-24H,2-5H2,1H3/t6?,7?,8?,9?,10?,11?,12?,13?,14?,15?,16?,17?,18?,19?,20?,21?,22?,23?,24?,25-,26?,27?,28?,29?,30?,31?,32?,33?,34?,35?,36?,37?,38?,39?,40?,41?,42?,43?,44?,45?,46?/m0/s1. The molecule has 214 valence electrons. The molecule has 0 nitrogen and oxygen atoms in total. The highest BCUT2D eigenvalue weighted by molar-refractivity contribution is 6.11. The maximum atomic E-state index is 3.23. The molecule has 32 aliphatic rings. The van der Waals surface area contributed by atoms with Gasteiger partial charge in [-0.1, -0.05) is 6.92 Å². The van der Waals surface area contributed by atoms with E-state index in [0.717, 1.165) is 119 Å². The summed E-state index contributed by atoms with van der Waals surface area (Å²) in [4.78, 5) is 0. The SMILES string of the molecule is C[C@]12C3C4CC5C6C7CC8C9C%10C%11C%12C%13C%14CC%15C%16C%17CC%18C%19C%20C1C1%21C%20%22C%19%20C%17%18C%16%17C%15%14C%13%14C%12%13C%11%12C%10%11C9%10C78C67C54C34C7%10C%11(C%121C%13%22C%17%14%20)C4%212. The summed E-state index contributed by atoms with van der Waals surface area (Å²) in [7, 11) is 0. The zero-order valence-electron chi connectivity index (χ0n) is 25.8. The second-order valence-electron chi connectivity index (χ2n) is 29.6. The van der Waals surface area contributed by atoms with Crippen LogP contribution in [0.1, 0.15) is 32.6 Å². The Bertz CT molecular complexity index is 2930. The molecule has 0 heterocycles. The Labute approximate surface area is 263 Å². The largest absolute Gasteiger partial charge is 0.0584 e. The first-order valence-electron chi connectivity index (χ1n) is 22.7. The minimum Gasteiger partial charge on any atom is -0.0584 e. The van der Waals surface area contributed by atoms with E-state index in [4.69, 9.17) is 0 Å². The van der Waals surface area contributed by atoms with Crippen LogP contribution in [0.4, 0.5) is 0 Å². The molecule has 21 spiro atoms. The van der Waals surface area contributed by atoms with Gasteiger partial charge in [0.2, 0.25) is 0 Å². The van der Waals surface area contributed by atoms with Gasteiger partial charge in [0.15, 0.2) is 0 Å². The molecule has 0 bridgehead atoms. The maximum absolute atomic E-state index is 3.23. The van der Waals surface area contributed by atoms with Gasteiger partial charge in [-0.25, -0.2) is 0 Å². The number of hydrogen-bond donors (Lipinski definition) is 0. The van der Waals surface area contributed by atoms with Crippen molar-refractivity contribution in [1.82, 2.24) is 0 Å². The van der Waals surface area contributed by atoms with Crippen LogP contribution in [-0.2, 0) is 0 Å². The lowest BCUT2D eigenvalue weighted by Gasteiger charge is -3.64. The van der Waals surface area contributed by atoms with Gasteiger partial charge in [-0.3, -0.25) is 0 Å². The molecule has 0 N–H and O–H groups in total. The zero-order chi connectivity index (χ0) is 25.8. The van der Waals surface area contributed by atoms with Crippen LogP contribution in [0.15, 0.2) is 0 Å². The molecule has 32 rings (SSSR count). The van der Waals surface area contributed by atoms with Gasteiger partial charge in [0, 0.05) is 0 Å². The van der Waals surface area contributed by atoms with E-state index in [-0.39, 0.29) is 0 Å². The summed E-state index contributed by atoms with van der Waals surface area (Å²) in [5.41, 5.74) is 24.2. The molecule has 0 amide bonds. The van der Waals surface area contributed by atoms with Gasteiger partial charge < -0.3 is 0 Å². The predicted molar refractivity (Wildman–Crippen MR) is 144 cm³/mol. The first kappa shape index (κ1) is 15.7. The van der Waals surface area contributed by atoms with E-state index in [9.17, 15) is 0 Å². The molecule has 0 aromatic rings. The molecule has 0 aromatic carbocycles. The van der Waals surface area contributed by atoms with Crippen LogP contribution < -0.4 is 0 Å². The van der Waals surface area contributed by atoms with E-state index in [2.05, 4.69) is 6.92 Å². The summed E-state index contributed by atoms with van der Waals surface area (Å²) < 4.78 is 0. The summed E-state index contributed by atoms with van der Waals surface area (Å²) >= 11 is 0. The van der Waals surface area contributed by atoms with Gasteiger partial charge in [0.05, 0.1) is 0 Å². The second kappa shape index (κ2) is 2.34. The molecule has 32 saturated carbocycles. The third-order valence-corrected chi connectivity index (χ3v) is 39.4. The van der Waals surface area contributed by atoms with Crippen LogP contribution in [0.5, 0.6) is 0 Å². The van der Waals surface area contributed by atoms with Crippen LogP contribution in [-0.4, -0.2) is 0 Å². The Kier molecular flexibility index (Phi) is 0.799. The molecule has 0 radical (unpaired) electrons. The summed E-state index contributed by atoms with van der Waals surface area (Å²) in [6.07, 6.45) is 7.30. The van der Waals surface area contributed by atoms with E-state index in [1.807, 2.05) is 25.7 Å². The quantitative estimate of drug-likeness (QED) is 0.397. The molecule has 41 atom stereocenters. The topological polar surface area (TPSA) is 0 Å². The van der Waals surface area contributed by atoms with Gasteiger partial charge in [0.25, 0.3) is 0 Å². The van der Waals surface area contributed by atoms with Gasteiger partial charge in [-0.15, -0.1) is 0 Å². The Morgan fingerprint density at radius 2 is 0.717 bits per heavy atom. The molecule has 0 aromatic heterocycles. The zero-order valence-corrected chi connectivity index (χ0v) is 25.8. The minimum atomic E-state index is 0.940. The number of fused-ring (bicyclic) bond motifs is 16. The van der Waals surface area contributed by atoms with Crippen molar-refractivity contribution in [2.75, 3.05) is 0 Å². The van der Waals surface area contributed by atoms with Crippen molar-refractivity contribution in [2.45, 2.75) is 32.6 Å². The Morgan fingerprint density at radius 1 is 0.283 bits per heavy atom. The van der Waals surface area contributed by atoms with E-state index in [1.54, 1.807) is 0 Å². The lowest BCUT2D eigenvalue weighted by Crippen LogP contribution is -3.64. The molecule has 0 heteroatoms. The van der Waals surface area contributed by atoms with Crippen molar-refractivity contribution in [3.05, 3.63) is 0 Å². The first-order chi connectivity index (χ1) is 22.7. The average Bonchev–Trinajstić information content (AvgIpc) is 2.90. The lowest BCUT2D eigenvalue weighted by atomic mass is 8.37.